The summed E-state index contributed by atoms with van der Waals surface area (Å²) in [4.78, 5) is 4.27. The number of hydrogen-bond donors (Lipinski definition) is 0. The minimum Gasteiger partial charge on any atom is -0.280 e. The Morgan fingerprint density at radius 2 is 1.79 bits per heavy atom. The SMILES string of the molecule is CC#CC(/C=C\CC[C@@H](C)[C@H]1CC[C@H]2[C@@H]3CC[C@@H]4C[C@@H](CC)CC[C@]4(C)[C@H]3CC[C@]12C)=NC. The summed E-state index contributed by atoms with van der Waals surface area (Å²) in [5, 5.41) is 0. The predicted molar refractivity (Wildman–Crippen MR) is 143 cm³/mol. The molecule has 9 atom stereocenters. The standard InChI is InChI=1S/C32H51N/c1-7-11-26(33-6)13-10-9-12-23(3)28-16-17-29-27-15-14-25-22-24(8-2)18-20-31(25,4)30(27)19-21-32(28,29)5/h10,13,23-25,27-30H,8-9,12,14-22H2,1-6H3/b13-10-,33-26?/t23-,24+,25-,27+,28-,29+,30+,31+,32-/m1/s1. The first-order valence-electron chi connectivity index (χ1n) is 14.4. The molecule has 0 N–H and O–H groups in total. The fourth-order valence-electron chi connectivity index (χ4n) is 9.75. The van der Waals surface area contributed by atoms with Crippen LogP contribution >= 0.6 is 0 Å². The van der Waals surface area contributed by atoms with Crippen molar-refractivity contribution >= 4 is 5.71 Å². The van der Waals surface area contributed by atoms with Gasteiger partial charge in [-0.25, -0.2) is 0 Å². The van der Waals surface area contributed by atoms with E-state index >= 15 is 0 Å². The van der Waals surface area contributed by atoms with Crippen molar-refractivity contribution in [1.29, 1.82) is 0 Å². The Balaban J connectivity index is 1.40. The highest BCUT2D eigenvalue weighted by molar-refractivity contribution is 6.08. The van der Waals surface area contributed by atoms with E-state index in [1.165, 1.54) is 57.8 Å². The van der Waals surface area contributed by atoms with Crippen LogP contribution in [-0.4, -0.2) is 12.8 Å². The van der Waals surface area contributed by atoms with E-state index in [-0.39, 0.29) is 0 Å². The molecule has 0 radical (unpaired) electrons. The molecule has 184 valence electrons. The molecule has 4 rings (SSSR count). The Labute approximate surface area is 205 Å². The topological polar surface area (TPSA) is 12.4 Å². The monoisotopic (exact) mass is 449 g/mol. The third kappa shape index (κ3) is 4.62. The Hall–Kier alpha value is -1.03. The van der Waals surface area contributed by atoms with E-state index in [1.807, 2.05) is 14.0 Å². The first kappa shape index (κ1) is 25.1. The molecule has 4 aliphatic carbocycles. The Morgan fingerprint density at radius 1 is 1.03 bits per heavy atom. The van der Waals surface area contributed by atoms with Crippen LogP contribution in [0.25, 0.3) is 0 Å². The zero-order valence-electron chi connectivity index (χ0n) is 22.6. The van der Waals surface area contributed by atoms with Gasteiger partial charge >= 0.3 is 0 Å². The van der Waals surface area contributed by atoms with Crippen LogP contribution in [0.2, 0.25) is 0 Å². The van der Waals surface area contributed by atoms with Crippen LogP contribution in [0.1, 0.15) is 112 Å². The molecule has 0 spiro atoms. The van der Waals surface area contributed by atoms with Crippen molar-refractivity contribution in [3.8, 4) is 11.8 Å². The van der Waals surface area contributed by atoms with Crippen molar-refractivity contribution < 1.29 is 0 Å². The lowest BCUT2D eigenvalue weighted by Crippen LogP contribution is -2.53. The third-order valence-corrected chi connectivity index (χ3v) is 11.7. The second-order valence-electron chi connectivity index (χ2n) is 12.9. The second-order valence-corrected chi connectivity index (χ2v) is 12.9. The van der Waals surface area contributed by atoms with Crippen LogP contribution in [0.5, 0.6) is 0 Å². The zero-order valence-corrected chi connectivity index (χ0v) is 22.6. The number of nitrogens with zero attached hydrogens (tertiary/aromatic N) is 1. The van der Waals surface area contributed by atoms with Gasteiger partial charge in [0.15, 0.2) is 0 Å². The molecule has 0 heterocycles. The first-order valence-corrected chi connectivity index (χ1v) is 14.4. The summed E-state index contributed by atoms with van der Waals surface area (Å²) in [6.07, 6.45) is 22.0. The number of aliphatic imine (C=N–C) groups is 1. The van der Waals surface area contributed by atoms with Crippen LogP contribution in [0.4, 0.5) is 0 Å². The smallest absolute Gasteiger partial charge is 0.106 e. The molecule has 0 aliphatic heterocycles. The van der Waals surface area contributed by atoms with Gasteiger partial charge in [0.1, 0.15) is 5.71 Å². The van der Waals surface area contributed by atoms with Crippen LogP contribution in [0.15, 0.2) is 17.1 Å². The van der Waals surface area contributed by atoms with Crippen LogP contribution < -0.4 is 0 Å². The lowest BCUT2D eigenvalue weighted by Gasteiger charge is -2.61. The molecular weight excluding hydrogens is 398 g/mol. The van der Waals surface area contributed by atoms with Gasteiger partial charge in [0, 0.05) is 7.05 Å². The predicted octanol–water partition coefficient (Wildman–Crippen LogP) is 8.74. The van der Waals surface area contributed by atoms with E-state index < -0.39 is 0 Å². The average Bonchev–Trinajstić information content (AvgIpc) is 3.17. The van der Waals surface area contributed by atoms with Gasteiger partial charge < -0.3 is 0 Å². The summed E-state index contributed by atoms with van der Waals surface area (Å²) in [5.41, 5.74) is 2.16. The molecule has 0 amide bonds. The van der Waals surface area contributed by atoms with Gasteiger partial charge in [-0.2, -0.15) is 0 Å². The molecule has 0 aromatic carbocycles. The molecule has 0 unspecified atom stereocenters. The lowest BCUT2D eigenvalue weighted by atomic mass is 9.44. The number of hydrogen-bond acceptors (Lipinski definition) is 1. The molecule has 0 saturated heterocycles. The highest BCUT2D eigenvalue weighted by Gasteiger charge is 2.60. The van der Waals surface area contributed by atoms with E-state index in [2.05, 4.69) is 56.7 Å². The fourth-order valence-corrected chi connectivity index (χ4v) is 9.75. The highest BCUT2D eigenvalue weighted by atomic mass is 14.7. The Morgan fingerprint density at radius 3 is 2.52 bits per heavy atom. The van der Waals surface area contributed by atoms with Crippen LogP contribution in [0, 0.1) is 64.1 Å². The molecule has 0 bridgehead atoms. The quantitative estimate of drug-likeness (QED) is 0.284. The molecule has 4 fully saturated rings. The second kappa shape index (κ2) is 10.3. The van der Waals surface area contributed by atoms with Gasteiger partial charge in [-0.15, -0.1) is 0 Å². The molecule has 0 aromatic rings. The Kier molecular flexibility index (Phi) is 7.83. The molecule has 4 aliphatic rings. The lowest BCUT2D eigenvalue weighted by molar-refractivity contribution is -0.121. The number of fused-ring (bicyclic) bond motifs is 5. The normalized spacial score (nSPS) is 43.9. The van der Waals surface area contributed by atoms with Crippen molar-refractivity contribution in [2.75, 3.05) is 7.05 Å². The average molecular weight is 450 g/mol. The summed E-state index contributed by atoms with van der Waals surface area (Å²) in [7, 11) is 1.84. The van der Waals surface area contributed by atoms with Crippen molar-refractivity contribution in [3.63, 3.8) is 0 Å². The first-order chi connectivity index (χ1) is 15.9. The van der Waals surface area contributed by atoms with Crippen molar-refractivity contribution in [3.05, 3.63) is 12.2 Å². The molecule has 0 aromatic heterocycles. The molecule has 4 saturated carbocycles. The third-order valence-electron chi connectivity index (χ3n) is 11.7. The van der Waals surface area contributed by atoms with Crippen molar-refractivity contribution in [1.82, 2.24) is 0 Å². The van der Waals surface area contributed by atoms with E-state index in [0.29, 0.717) is 10.8 Å². The van der Waals surface area contributed by atoms with E-state index in [9.17, 15) is 0 Å². The summed E-state index contributed by atoms with van der Waals surface area (Å²) < 4.78 is 0. The zero-order chi connectivity index (χ0) is 23.6. The van der Waals surface area contributed by atoms with Crippen LogP contribution in [0.3, 0.4) is 0 Å². The minimum atomic E-state index is 0.595. The van der Waals surface area contributed by atoms with Gasteiger partial charge in [-0.05, 0) is 142 Å². The maximum Gasteiger partial charge on any atom is 0.106 e. The minimum absolute atomic E-state index is 0.595. The van der Waals surface area contributed by atoms with E-state index in [0.717, 1.165) is 53.6 Å². The highest BCUT2D eigenvalue weighted by Crippen LogP contribution is 2.68. The number of allylic oxidation sites excluding steroid dienone is 2. The van der Waals surface area contributed by atoms with Gasteiger partial charge in [-0.3, -0.25) is 4.99 Å². The fraction of sp³-hybridized carbons (Fsp3) is 0.844. The summed E-state index contributed by atoms with van der Waals surface area (Å²) >= 11 is 0. The largest absolute Gasteiger partial charge is 0.280 e. The maximum absolute atomic E-state index is 4.27. The molecule has 1 nitrogen and oxygen atoms in total. The van der Waals surface area contributed by atoms with E-state index in [4.69, 9.17) is 0 Å². The van der Waals surface area contributed by atoms with Crippen molar-refractivity contribution in [2.45, 2.75) is 112 Å². The Bertz CT molecular complexity index is 795. The summed E-state index contributed by atoms with van der Waals surface area (Å²) in [5.74, 6) is 12.9. The van der Waals surface area contributed by atoms with Crippen LogP contribution in [-0.2, 0) is 0 Å². The van der Waals surface area contributed by atoms with Gasteiger partial charge in [0.25, 0.3) is 0 Å². The number of rotatable bonds is 6. The van der Waals surface area contributed by atoms with E-state index in [1.54, 1.807) is 12.8 Å². The van der Waals surface area contributed by atoms with Gasteiger partial charge in [0.2, 0.25) is 0 Å². The molecular formula is C32H51N. The summed E-state index contributed by atoms with van der Waals surface area (Å²) in [6.45, 7) is 12.3. The van der Waals surface area contributed by atoms with Gasteiger partial charge in [0.05, 0.1) is 0 Å². The van der Waals surface area contributed by atoms with Crippen molar-refractivity contribution in [2.24, 2.45) is 57.2 Å². The summed E-state index contributed by atoms with van der Waals surface area (Å²) in [6, 6.07) is 0. The molecule has 33 heavy (non-hydrogen) atoms. The molecule has 1 heteroatoms. The van der Waals surface area contributed by atoms with Gasteiger partial charge in [-0.1, -0.05) is 46.1 Å². The maximum atomic E-state index is 4.27.